The van der Waals surface area contributed by atoms with Crippen molar-refractivity contribution in [2.24, 2.45) is 0 Å². The van der Waals surface area contributed by atoms with Crippen LogP contribution < -0.4 is 5.32 Å². The third kappa shape index (κ3) is 4.86. The molecule has 26 heavy (non-hydrogen) atoms. The minimum Gasteiger partial charge on any atom is -0.467 e. The van der Waals surface area contributed by atoms with Gasteiger partial charge in [0.2, 0.25) is 5.91 Å². The summed E-state index contributed by atoms with van der Waals surface area (Å²) < 4.78 is 10.7. The lowest BCUT2D eigenvalue weighted by atomic mass is 10.2. The van der Waals surface area contributed by atoms with Crippen molar-refractivity contribution in [3.05, 3.63) is 84.2 Å². The second-order valence-corrected chi connectivity index (χ2v) is 5.78. The molecule has 2 aromatic heterocycles. The van der Waals surface area contributed by atoms with Crippen molar-refractivity contribution in [3.63, 3.8) is 0 Å². The first-order valence-corrected chi connectivity index (χ1v) is 8.38. The zero-order chi connectivity index (χ0) is 18.2. The summed E-state index contributed by atoms with van der Waals surface area (Å²) in [5.41, 5.74) is 0.572. The van der Waals surface area contributed by atoms with Gasteiger partial charge < -0.3 is 19.1 Å². The Morgan fingerprint density at radius 3 is 2.00 bits per heavy atom. The van der Waals surface area contributed by atoms with E-state index in [4.69, 9.17) is 8.83 Å². The van der Waals surface area contributed by atoms with Gasteiger partial charge in [-0.2, -0.15) is 0 Å². The molecule has 0 fully saturated rings. The van der Waals surface area contributed by atoms with Gasteiger partial charge in [0, 0.05) is 18.5 Å². The van der Waals surface area contributed by atoms with Gasteiger partial charge >= 0.3 is 0 Å². The Hall–Kier alpha value is -3.28. The quantitative estimate of drug-likeness (QED) is 0.675. The van der Waals surface area contributed by atoms with E-state index in [1.807, 2.05) is 18.2 Å². The molecule has 6 nitrogen and oxygen atoms in total. The maximum absolute atomic E-state index is 12.6. The number of nitrogens with zero attached hydrogens (tertiary/aromatic N) is 1. The molecular weight excluding hydrogens is 332 g/mol. The molecule has 0 atom stereocenters. The molecule has 3 rings (SSSR count). The van der Waals surface area contributed by atoms with Crippen LogP contribution in [-0.4, -0.2) is 23.3 Å². The maximum atomic E-state index is 12.6. The third-order valence-corrected chi connectivity index (χ3v) is 3.87. The van der Waals surface area contributed by atoms with E-state index < -0.39 is 0 Å². The van der Waals surface area contributed by atoms with E-state index in [0.717, 1.165) is 0 Å². The number of rotatable bonds is 8. The fraction of sp³-hybridized carbons (Fsp3) is 0.200. The van der Waals surface area contributed by atoms with Gasteiger partial charge in [0.1, 0.15) is 11.5 Å². The van der Waals surface area contributed by atoms with Crippen molar-refractivity contribution >= 4 is 11.8 Å². The van der Waals surface area contributed by atoms with E-state index in [1.54, 1.807) is 53.8 Å². The summed E-state index contributed by atoms with van der Waals surface area (Å²) in [5, 5.41) is 2.77. The Morgan fingerprint density at radius 1 is 0.846 bits per heavy atom. The molecule has 3 aromatic rings. The summed E-state index contributed by atoms with van der Waals surface area (Å²) >= 11 is 0. The summed E-state index contributed by atoms with van der Waals surface area (Å²) in [6, 6.07) is 16.1. The molecule has 0 spiro atoms. The van der Waals surface area contributed by atoms with E-state index in [1.165, 1.54) is 0 Å². The second-order valence-electron chi connectivity index (χ2n) is 5.78. The second kappa shape index (κ2) is 8.71. The van der Waals surface area contributed by atoms with Gasteiger partial charge in [0.05, 0.1) is 25.6 Å². The van der Waals surface area contributed by atoms with Crippen LogP contribution in [0.2, 0.25) is 0 Å². The predicted octanol–water partition coefficient (Wildman–Crippen LogP) is 3.22. The van der Waals surface area contributed by atoms with Gasteiger partial charge in [0.15, 0.2) is 0 Å². The largest absolute Gasteiger partial charge is 0.467 e. The molecule has 6 heteroatoms. The SMILES string of the molecule is O=C(NCCC(=O)N(Cc1ccco1)Cc1ccco1)c1ccccc1. The number of furan rings is 2. The van der Waals surface area contributed by atoms with Gasteiger partial charge in [-0.1, -0.05) is 18.2 Å². The Morgan fingerprint density at radius 2 is 1.46 bits per heavy atom. The van der Waals surface area contributed by atoms with Crippen LogP contribution in [0.15, 0.2) is 76.0 Å². The van der Waals surface area contributed by atoms with Gasteiger partial charge in [-0.3, -0.25) is 9.59 Å². The number of amides is 2. The number of carbonyl (C=O) groups excluding carboxylic acids is 2. The predicted molar refractivity (Wildman–Crippen MR) is 95.1 cm³/mol. The fourth-order valence-corrected chi connectivity index (χ4v) is 2.55. The lowest BCUT2D eigenvalue weighted by Gasteiger charge is -2.20. The molecule has 0 aliphatic carbocycles. The minimum atomic E-state index is -0.193. The van der Waals surface area contributed by atoms with E-state index >= 15 is 0 Å². The van der Waals surface area contributed by atoms with Gasteiger partial charge in [0.25, 0.3) is 5.91 Å². The molecule has 0 bridgehead atoms. The summed E-state index contributed by atoms with van der Waals surface area (Å²) in [6.45, 7) is 0.956. The topological polar surface area (TPSA) is 75.7 Å². The molecule has 0 saturated heterocycles. The summed E-state index contributed by atoms with van der Waals surface area (Å²) in [5.74, 6) is 1.10. The van der Waals surface area contributed by atoms with Crippen molar-refractivity contribution in [1.82, 2.24) is 10.2 Å². The molecule has 0 saturated carbocycles. The van der Waals surface area contributed by atoms with Crippen molar-refractivity contribution in [1.29, 1.82) is 0 Å². The molecule has 0 aliphatic heterocycles. The first-order chi connectivity index (χ1) is 12.7. The number of hydrogen-bond donors (Lipinski definition) is 1. The fourth-order valence-electron chi connectivity index (χ4n) is 2.55. The molecule has 2 heterocycles. The average Bonchev–Trinajstić information content (AvgIpc) is 3.36. The van der Waals surface area contributed by atoms with Crippen LogP contribution in [0, 0.1) is 0 Å². The highest BCUT2D eigenvalue weighted by molar-refractivity contribution is 5.94. The Balaban J connectivity index is 1.55. The smallest absolute Gasteiger partial charge is 0.251 e. The summed E-state index contributed by atoms with van der Waals surface area (Å²) in [7, 11) is 0. The van der Waals surface area contributed by atoms with Crippen LogP contribution in [0.1, 0.15) is 28.3 Å². The molecular formula is C20H20N2O4. The van der Waals surface area contributed by atoms with Crippen LogP contribution in [0.3, 0.4) is 0 Å². The van der Waals surface area contributed by atoms with Gasteiger partial charge in [-0.25, -0.2) is 0 Å². The highest BCUT2D eigenvalue weighted by atomic mass is 16.3. The number of hydrogen-bond acceptors (Lipinski definition) is 4. The van der Waals surface area contributed by atoms with Crippen molar-refractivity contribution in [3.8, 4) is 0 Å². The maximum Gasteiger partial charge on any atom is 0.251 e. The summed E-state index contributed by atoms with van der Waals surface area (Å²) in [6.07, 6.45) is 3.34. The standard InChI is InChI=1S/C20H20N2O4/c23-19(10-11-21-20(24)16-6-2-1-3-7-16)22(14-17-8-4-12-25-17)15-18-9-5-13-26-18/h1-9,12-13H,10-11,14-15H2,(H,21,24). The third-order valence-electron chi connectivity index (χ3n) is 3.87. The van der Waals surface area contributed by atoms with Crippen LogP contribution >= 0.6 is 0 Å². The highest BCUT2D eigenvalue weighted by Crippen LogP contribution is 2.12. The zero-order valence-corrected chi connectivity index (χ0v) is 14.3. The number of nitrogens with one attached hydrogen (secondary N) is 1. The Labute approximate surface area is 151 Å². The summed E-state index contributed by atoms with van der Waals surface area (Å²) in [4.78, 5) is 26.3. The minimum absolute atomic E-state index is 0.0915. The molecule has 0 unspecified atom stereocenters. The van der Waals surface area contributed by atoms with E-state index in [9.17, 15) is 9.59 Å². The number of carbonyl (C=O) groups is 2. The molecule has 2 amide bonds. The first-order valence-electron chi connectivity index (χ1n) is 8.38. The molecule has 0 aliphatic rings. The van der Waals surface area contributed by atoms with E-state index in [-0.39, 0.29) is 24.8 Å². The van der Waals surface area contributed by atoms with Crippen LogP contribution in [0.5, 0.6) is 0 Å². The van der Waals surface area contributed by atoms with Crippen LogP contribution in [-0.2, 0) is 17.9 Å². The van der Waals surface area contributed by atoms with Crippen molar-refractivity contribution in [2.75, 3.05) is 6.54 Å². The Kier molecular flexibility index (Phi) is 5.88. The molecule has 1 N–H and O–H groups in total. The molecule has 134 valence electrons. The van der Waals surface area contributed by atoms with Crippen molar-refractivity contribution < 1.29 is 18.4 Å². The monoisotopic (exact) mass is 352 g/mol. The van der Waals surface area contributed by atoms with Crippen molar-refractivity contribution in [2.45, 2.75) is 19.5 Å². The lowest BCUT2D eigenvalue weighted by Crippen LogP contribution is -2.33. The van der Waals surface area contributed by atoms with Gasteiger partial charge in [-0.05, 0) is 36.4 Å². The highest BCUT2D eigenvalue weighted by Gasteiger charge is 2.17. The zero-order valence-electron chi connectivity index (χ0n) is 14.3. The average molecular weight is 352 g/mol. The lowest BCUT2D eigenvalue weighted by molar-refractivity contribution is -0.132. The molecule has 1 aromatic carbocycles. The Bertz CT molecular complexity index is 775. The van der Waals surface area contributed by atoms with Crippen LogP contribution in [0.25, 0.3) is 0 Å². The number of benzene rings is 1. The molecule has 0 radical (unpaired) electrons. The first kappa shape index (κ1) is 17.5. The van der Waals surface area contributed by atoms with Crippen LogP contribution in [0.4, 0.5) is 0 Å². The normalized spacial score (nSPS) is 10.5. The van der Waals surface area contributed by atoms with E-state index in [2.05, 4.69) is 5.32 Å². The van der Waals surface area contributed by atoms with E-state index in [0.29, 0.717) is 30.2 Å². The van der Waals surface area contributed by atoms with Gasteiger partial charge in [-0.15, -0.1) is 0 Å².